The number of nitrogens with zero attached hydrogens (tertiary/aromatic N) is 3. The summed E-state index contributed by atoms with van der Waals surface area (Å²) >= 11 is 0. The number of fused-ring (bicyclic) bond motifs is 1. The molecule has 6 heteroatoms. The van der Waals surface area contributed by atoms with Gasteiger partial charge in [-0.25, -0.2) is 9.97 Å². The molecule has 2 aromatic carbocycles. The summed E-state index contributed by atoms with van der Waals surface area (Å²) in [5.74, 6) is 0.621. The van der Waals surface area contributed by atoms with Crippen molar-refractivity contribution in [1.82, 2.24) is 24.8 Å². The van der Waals surface area contributed by atoms with Gasteiger partial charge in [0.25, 0.3) is 5.91 Å². The van der Waals surface area contributed by atoms with Crippen molar-refractivity contribution in [3.63, 3.8) is 0 Å². The third-order valence-corrected chi connectivity index (χ3v) is 4.21. The topological polar surface area (TPSA) is 75.6 Å². The molecule has 2 heterocycles. The number of aromatic nitrogens is 4. The monoisotopic (exact) mass is 331 g/mol. The number of H-pyrrole nitrogens is 1. The summed E-state index contributed by atoms with van der Waals surface area (Å²) in [6, 6.07) is 14.9. The van der Waals surface area contributed by atoms with E-state index < -0.39 is 0 Å². The summed E-state index contributed by atoms with van der Waals surface area (Å²) < 4.78 is 1.91. The van der Waals surface area contributed by atoms with E-state index in [2.05, 4.69) is 20.3 Å². The zero-order valence-electron chi connectivity index (χ0n) is 13.7. The van der Waals surface area contributed by atoms with Crippen LogP contribution in [0.5, 0.6) is 0 Å². The van der Waals surface area contributed by atoms with Gasteiger partial charge in [-0.1, -0.05) is 30.3 Å². The molecule has 0 radical (unpaired) electrons. The van der Waals surface area contributed by atoms with Gasteiger partial charge in [-0.3, -0.25) is 4.79 Å². The second-order valence-electron chi connectivity index (χ2n) is 5.85. The minimum atomic E-state index is -0.328. The Balaban J connectivity index is 1.68. The highest BCUT2D eigenvalue weighted by Gasteiger charge is 2.21. The summed E-state index contributed by atoms with van der Waals surface area (Å²) in [5.41, 5.74) is 3.22. The Hall–Kier alpha value is -3.41. The summed E-state index contributed by atoms with van der Waals surface area (Å²) in [6.45, 7) is 0. The summed E-state index contributed by atoms with van der Waals surface area (Å²) in [4.78, 5) is 24.4. The Morgan fingerprint density at radius 1 is 1.16 bits per heavy atom. The minimum absolute atomic E-state index is 0.159. The molecular weight excluding hydrogens is 314 g/mol. The minimum Gasteiger partial charge on any atom is -0.345 e. The van der Waals surface area contributed by atoms with Gasteiger partial charge >= 0.3 is 0 Å². The lowest BCUT2D eigenvalue weighted by atomic mass is 10.1. The molecule has 4 aromatic rings. The quantitative estimate of drug-likeness (QED) is 0.604. The van der Waals surface area contributed by atoms with Crippen molar-refractivity contribution in [3.05, 3.63) is 84.2 Å². The van der Waals surface area contributed by atoms with Gasteiger partial charge in [0.05, 0.1) is 17.4 Å². The Bertz CT molecular complexity index is 1020. The first-order valence-electron chi connectivity index (χ1n) is 7.98. The second kappa shape index (κ2) is 6.24. The van der Waals surface area contributed by atoms with Crippen LogP contribution in [0, 0.1) is 0 Å². The molecule has 124 valence electrons. The number of aryl methyl sites for hydroxylation is 1. The van der Waals surface area contributed by atoms with Crippen LogP contribution in [0.2, 0.25) is 0 Å². The molecular formula is C19H17N5O. The van der Waals surface area contributed by atoms with Crippen molar-refractivity contribution in [2.75, 3.05) is 0 Å². The van der Waals surface area contributed by atoms with Crippen molar-refractivity contribution < 1.29 is 4.79 Å². The number of hydrogen-bond donors (Lipinski definition) is 2. The van der Waals surface area contributed by atoms with Crippen LogP contribution in [-0.2, 0) is 7.05 Å². The fraction of sp³-hybridized carbons (Fsp3) is 0.105. The standard InChI is InChI=1S/C19H17N5O/c1-24-10-9-20-18(24)17(13-5-3-2-4-6-13)23-19(25)14-7-8-15-16(11-14)22-12-21-15/h2-12,17H,1H3,(H,21,22)(H,23,25)/t17-/m0/s1. The van der Waals surface area contributed by atoms with Crippen LogP contribution in [0.1, 0.15) is 27.8 Å². The maximum atomic E-state index is 12.8. The van der Waals surface area contributed by atoms with Gasteiger partial charge in [0.1, 0.15) is 11.9 Å². The number of hydrogen-bond acceptors (Lipinski definition) is 3. The van der Waals surface area contributed by atoms with Gasteiger partial charge < -0.3 is 14.9 Å². The maximum Gasteiger partial charge on any atom is 0.252 e. The SMILES string of the molecule is Cn1ccnc1[C@@H](NC(=O)c1ccc2nc[nH]c2c1)c1ccccc1. The number of carbonyl (C=O) groups is 1. The van der Waals surface area contributed by atoms with E-state index in [0.29, 0.717) is 5.56 Å². The number of imidazole rings is 2. The largest absolute Gasteiger partial charge is 0.345 e. The van der Waals surface area contributed by atoms with Crippen LogP contribution in [-0.4, -0.2) is 25.4 Å². The van der Waals surface area contributed by atoms with Crippen molar-refractivity contribution >= 4 is 16.9 Å². The molecule has 1 amide bonds. The molecule has 2 N–H and O–H groups in total. The Kier molecular flexibility index (Phi) is 3.78. The zero-order valence-corrected chi connectivity index (χ0v) is 13.7. The molecule has 0 aliphatic heterocycles. The number of nitrogens with one attached hydrogen (secondary N) is 2. The summed E-state index contributed by atoms with van der Waals surface area (Å²) in [6.07, 6.45) is 5.22. The smallest absolute Gasteiger partial charge is 0.252 e. The van der Waals surface area contributed by atoms with Crippen LogP contribution < -0.4 is 5.32 Å². The molecule has 0 aliphatic carbocycles. The molecule has 0 saturated carbocycles. The molecule has 0 saturated heterocycles. The van der Waals surface area contributed by atoms with E-state index in [4.69, 9.17) is 0 Å². The van der Waals surface area contributed by atoms with Crippen LogP contribution in [0.4, 0.5) is 0 Å². The van der Waals surface area contributed by atoms with E-state index in [1.54, 1.807) is 24.7 Å². The molecule has 0 unspecified atom stereocenters. The third-order valence-electron chi connectivity index (χ3n) is 4.21. The van der Waals surface area contributed by atoms with Gasteiger partial charge in [-0.15, -0.1) is 0 Å². The summed E-state index contributed by atoms with van der Waals surface area (Å²) in [7, 11) is 1.92. The van der Waals surface area contributed by atoms with E-state index in [1.165, 1.54) is 0 Å². The highest BCUT2D eigenvalue weighted by Crippen LogP contribution is 2.21. The predicted molar refractivity (Wildman–Crippen MR) is 95.1 cm³/mol. The van der Waals surface area contributed by atoms with E-state index >= 15 is 0 Å². The first kappa shape index (κ1) is 15.1. The van der Waals surface area contributed by atoms with E-state index in [-0.39, 0.29) is 11.9 Å². The van der Waals surface area contributed by atoms with Gasteiger partial charge in [-0.05, 0) is 23.8 Å². The lowest BCUT2D eigenvalue weighted by Gasteiger charge is -2.19. The first-order valence-corrected chi connectivity index (χ1v) is 7.98. The Labute approximate surface area is 144 Å². The highest BCUT2D eigenvalue weighted by atomic mass is 16.1. The van der Waals surface area contributed by atoms with E-state index in [0.717, 1.165) is 22.4 Å². The van der Waals surface area contributed by atoms with Crippen molar-refractivity contribution in [2.45, 2.75) is 6.04 Å². The van der Waals surface area contributed by atoms with Crippen molar-refractivity contribution in [1.29, 1.82) is 0 Å². The molecule has 6 nitrogen and oxygen atoms in total. The second-order valence-corrected chi connectivity index (χ2v) is 5.85. The Morgan fingerprint density at radius 3 is 2.76 bits per heavy atom. The number of amides is 1. The molecule has 2 aromatic heterocycles. The number of aromatic amines is 1. The van der Waals surface area contributed by atoms with Crippen molar-refractivity contribution in [2.24, 2.45) is 7.05 Å². The lowest BCUT2D eigenvalue weighted by molar-refractivity contribution is 0.0941. The lowest BCUT2D eigenvalue weighted by Crippen LogP contribution is -2.31. The zero-order chi connectivity index (χ0) is 17.2. The molecule has 4 rings (SSSR count). The van der Waals surface area contributed by atoms with Crippen LogP contribution in [0.3, 0.4) is 0 Å². The molecule has 0 aliphatic rings. The highest BCUT2D eigenvalue weighted by molar-refractivity contribution is 5.97. The molecule has 0 bridgehead atoms. The average Bonchev–Trinajstić information content (AvgIpc) is 3.28. The number of benzene rings is 2. The van der Waals surface area contributed by atoms with Crippen LogP contribution in [0.25, 0.3) is 11.0 Å². The molecule has 0 fully saturated rings. The van der Waals surface area contributed by atoms with Gasteiger partial charge in [0.2, 0.25) is 0 Å². The molecule has 25 heavy (non-hydrogen) atoms. The maximum absolute atomic E-state index is 12.8. The van der Waals surface area contributed by atoms with Gasteiger partial charge in [-0.2, -0.15) is 0 Å². The summed E-state index contributed by atoms with van der Waals surface area (Å²) in [5, 5.41) is 3.09. The fourth-order valence-corrected chi connectivity index (χ4v) is 2.89. The fourth-order valence-electron chi connectivity index (χ4n) is 2.89. The van der Waals surface area contributed by atoms with Gasteiger partial charge in [0.15, 0.2) is 0 Å². The molecule has 1 atom stereocenters. The van der Waals surface area contributed by atoms with E-state index in [1.807, 2.05) is 54.2 Å². The average molecular weight is 331 g/mol. The van der Waals surface area contributed by atoms with Crippen LogP contribution >= 0.6 is 0 Å². The Morgan fingerprint density at radius 2 is 2.00 bits per heavy atom. The third kappa shape index (κ3) is 2.89. The number of rotatable bonds is 4. The first-order chi connectivity index (χ1) is 12.2. The number of carbonyl (C=O) groups excluding carboxylic acids is 1. The van der Waals surface area contributed by atoms with Gasteiger partial charge in [0, 0.05) is 25.0 Å². The van der Waals surface area contributed by atoms with Crippen LogP contribution in [0.15, 0.2) is 67.3 Å². The predicted octanol–water partition coefficient (Wildman–Crippen LogP) is 2.82. The van der Waals surface area contributed by atoms with E-state index in [9.17, 15) is 4.79 Å². The van der Waals surface area contributed by atoms with Crippen molar-refractivity contribution in [3.8, 4) is 0 Å². The normalized spacial score (nSPS) is 12.2. The molecule has 0 spiro atoms.